The van der Waals surface area contributed by atoms with E-state index in [9.17, 15) is 18.0 Å². The summed E-state index contributed by atoms with van der Waals surface area (Å²) < 4.78 is 37.2. The Morgan fingerprint density at radius 1 is 0.970 bits per heavy atom. The fourth-order valence-electron chi connectivity index (χ4n) is 3.33. The van der Waals surface area contributed by atoms with Crippen LogP contribution in [-0.2, 0) is 21.2 Å². The summed E-state index contributed by atoms with van der Waals surface area (Å²) in [5.74, 6) is -0.690. The van der Waals surface area contributed by atoms with Crippen molar-refractivity contribution < 1.29 is 18.0 Å². The normalized spacial score (nSPS) is 12.4. The summed E-state index contributed by atoms with van der Waals surface area (Å²) in [4.78, 5) is 24.8. The summed E-state index contributed by atoms with van der Waals surface area (Å²) in [6.45, 7) is 1.43. The van der Waals surface area contributed by atoms with Crippen LogP contribution >= 0.6 is 11.7 Å². The van der Waals surface area contributed by atoms with E-state index in [1.807, 2.05) is 30.3 Å². The van der Waals surface area contributed by atoms with Gasteiger partial charge in [-0.15, -0.1) is 0 Å². The first-order chi connectivity index (χ1) is 15.8. The van der Waals surface area contributed by atoms with Crippen LogP contribution < -0.4 is 10.0 Å². The number of rotatable bonds is 8. The van der Waals surface area contributed by atoms with E-state index < -0.39 is 22.0 Å². The molecular weight excluding hydrogens is 460 g/mol. The number of hydrogen-bond acceptors (Lipinski definition) is 7. The molecule has 0 saturated heterocycles. The number of aromatic nitrogens is 2. The molecule has 0 radical (unpaired) electrons. The first kappa shape index (κ1) is 22.7. The number of nitrogens with one attached hydrogen (secondary N) is 2. The lowest BCUT2D eigenvalue weighted by Crippen LogP contribution is -2.45. The van der Waals surface area contributed by atoms with Gasteiger partial charge in [0.2, 0.25) is 15.9 Å². The van der Waals surface area contributed by atoms with Crippen LogP contribution in [0, 0.1) is 0 Å². The molecular formula is C23H20N4O4S2. The van der Waals surface area contributed by atoms with E-state index >= 15 is 0 Å². The number of Topliss-reactive ketones (excluding diaryl/α,β-unsaturated/α-hetero) is 1. The van der Waals surface area contributed by atoms with Crippen molar-refractivity contribution in [3.8, 4) is 0 Å². The molecule has 0 saturated carbocycles. The number of sulfonamides is 1. The van der Waals surface area contributed by atoms with Gasteiger partial charge in [-0.1, -0.05) is 48.5 Å². The fraction of sp³-hybridized carbons (Fsp3) is 0.130. The molecule has 10 heteroatoms. The van der Waals surface area contributed by atoms with Crippen LogP contribution in [0.1, 0.15) is 22.8 Å². The summed E-state index contributed by atoms with van der Waals surface area (Å²) in [5.41, 5.74) is 2.34. The third-order valence-corrected chi connectivity index (χ3v) is 7.02. The predicted octanol–water partition coefficient (Wildman–Crippen LogP) is 3.42. The zero-order chi connectivity index (χ0) is 23.4. The molecule has 0 spiro atoms. The highest BCUT2D eigenvalue weighted by Gasteiger charge is 2.28. The maximum atomic E-state index is 13.2. The molecule has 33 heavy (non-hydrogen) atoms. The lowest BCUT2D eigenvalue weighted by Gasteiger charge is -2.19. The SMILES string of the molecule is CC(=O)c1cccc(NC(=O)C(Cc2ccccc2)NS(=O)(=O)c2cccc3nsnc23)c1. The Morgan fingerprint density at radius 3 is 2.48 bits per heavy atom. The van der Waals surface area contributed by atoms with Crippen LogP contribution in [0.5, 0.6) is 0 Å². The predicted molar refractivity (Wildman–Crippen MR) is 127 cm³/mol. The molecule has 4 aromatic rings. The van der Waals surface area contributed by atoms with Crippen molar-refractivity contribution in [2.75, 3.05) is 5.32 Å². The minimum atomic E-state index is -4.10. The van der Waals surface area contributed by atoms with Crippen LogP contribution in [0.2, 0.25) is 0 Å². The summed E-state index contributed by atoms with van der Waals surface area (Å²) in [6.07, 6.45) is 0.129. The minimum Gasteiger partial charge on any atom is -0.325 e. The molecule has 3 aromatic carbocycles. The molecule has 1 amide bonds. The van der Waals surface area contributed by atoms with Gasteiger partial charge in [-0.25, -0.2) is 8.42 Å². The lowest BCUT2D eigenvalue weighted by atomic mass is 10.1. The summed E-state index contributed by atoms with van der Waals surface area (Å²) in [5, 5.41) is 2.72. The second kappa shape index (κ2) is 9.57. The number of benzene rings is 3. The quantitative estimate of drug-likeness (QED) is 0.373. The van der Waals surface area contributed by atoms with E-state index in [0.717, 1.165) is 17.3 Å². The number of fused-ring (bicyclic) bond motifs is 1. The van der Waals surface area contributed by atoms with E-state index in [4.69, 9.17) is 0 Å². The number of carbonyl (C=O) groups is 2. The molecule has 1 heterocycles. The van der Waals surface area contributed by atoms with Crippen LogP contribution in [0.3, 0.4) is 0 Å². The van der Waals surface area contributed by atoms with Crippen molar-refractivity contribution in [1.29, 1.82) is 0 Å². The average Bonchev–Trinajstić information content (AvgIpc) is 3.28. The van der Waals surface area contributed by atoms with Crippen molar-refractivity contribution in [1.82, 2.24) is 13.5 Å². The monoisotopic (exact) mass is 480 g/mol. The molecule has 168 valence electrons. The molecule has 1 unspecified atom stereocenters. The standard InChI is InChI=1S/C23H20N4O4S2/c1-15(28)17-9-5-10-18(14-17)24-23(29)20(13-16-7-3-2-4-8-16)27-33(30,31)21-12-6-11-19-22(21)26-32-25-19/h2-12,14,20,27H,13H2,1H3,(H,24,29). The first-order valence-electron chi connectivity index (χ1n) is 10.0. The molecule has 4 rings (SSSR count). The molecule has 0 aliphatic carbocycles. The fourth-order valence-corrected chi connectivity index (χ4v) is 5.29. The molecule has 0 fully saturated rings. The van der Waals surface area contributed by atoms with Crippen LogP contribution in [-0.4, -0.2) is 34.9 Å². The van der Waals surface area contributed by atoms with Crippen LogP contribution in [0.25, 0.3) is 11.0 Å². The van der Waals surface area contributed by atoms with E-state index in [2.05, 4.69) is 18.8 Å². The van der Waals surface area contributed by atoms with Gasteiger partial charge in [0.15, 0.2) is 5.78 Å². The van der Waals surface area contributed by atoms with E-state index in [0.29, 0.717) is 16.8 Å². The summed E-state index contributed by atoms with van der Waals surface area (Å²) in [6, 6.07) is 19.2. The number of hydrogen-bond donors (Lipinski definition) is 2. The Morgan fingerprint density at radius 2 is 1.73 bits per heavy atom. The second-order valence-corrected chi connectivity index (χ2v) is 9.59. The van der Waals surface area contributed by atoms with Gasteiger partial charge < -0.3 is 5.32 Å². The van der Waals surface area contributed by atoms with Gasteiger partial charge in [-0.2, -0.15) is 13.5 Å². The largest absolute Gasteiger partial charge is 0.325 e. The van der Waals surface area contributed by atoms with E-state index in [1.54, 1.807) is 36.4 Å². The number of anilines is 1. The Balaban J connectivity index is 1.64. The third kappa shape index (κ3) is 5.30. The van der Waals surface area contributed by atoms with Gasteiger partial charge in [0, 0.05) is 11.3 Å². The van der Waals surface area contributed by atoms with Gasteiger partial charge in [0.25, 0.3) is 0 Å². The van der Waals surface area contributed by atoms with Gasteiger partial charge >= 0.3 is 0 Å². The van der Waals surface area contributed by atoms with Gasteiger partial charge in [-0.05, 0) is 43.2 Å². The number of amides is 1. The second-order valence-electron chi connectivity index (χ2n) is 7.38. The smallest absolute Gasteiger partial charge is 0.243 e. The third-order valence-electron chi connectivity index (χ3n) is 4.97. The maximum Gasteiger partial charge on any atom is 0.243 e. The van der Waals surface area contributed by atoms with E-state index in [-0.39, 0.29) is 22.6 Å². The molecule has 0 aliphatic rings. The highest BCUT2D eigenvalue weighted by atomic mass is 32.2. The molecule has 0 aliphatic heterocycles. The van der Waals surface area contributed by atoms with Gasteiger partial charge in [0.1, 0.15) is 22.0 Å². The highest BCUT2D eigenvalue weighted by molar-refractivity contribution is 7.89. The van der Waals surface area contributed by atoms with E-state index in [1.165, 1.54) is 13.0 Å². The minimum absolute atomic E-state index is 0.0433. The summed E-state index contributed by atoms with van der Waals surface area (Å²) in [7, 11) is -4.10. The first-order valence-corrected chi connectivity index (χ1v) is 12.2. The Bertz CT molecular complexity index is 1420. The van der Waals surface area contributed by atoms with Crippen molar-refractivity contribution in [2.24, 2.45) is 0 Å². The van der Waals surface area contributed by atoms with Crippen molar-refractivity contribution in [3.05, 3.63) is 83.9 Å². The van der Waals surface area contributed by atoms with Crippen LogP contribution in [0.15, 0.2) is 77.7 Å². The average molecular weight is 481 g/mol. The topological polar surface area (TPSA) is 118 Å². The molecule has 2 N–H and O–H groups in total. The Kier molecular flexibility index (Phi) is 6.59. The maximum absolute atomic E-state index is 13.2. The number of carbonyl (C=O) groups excluding carboxylic acids is 2. The highest BCUT2D eigenvalue weighted by Crippen LogP contribution is 2.22. The van der Waals surface area contributed by atoms with Crippen molar-refractivity contribution in [2.45, 2.75) is 24.3 Å². The molecule has 1 atom stereocenters. The number of nitrogens with zero attached hydrogens (tertiary/aromatic N) is 2. The van der Waals surface area contributed by atoms with Crippen molar-refractivity contribution in [3.63, 3.8) is 0 Å². The molecule has 1 aromatic heterocycles. The van der Waals surface area contributed by atoms with Gasteiger partial charge in [-0.3, -0.25) is 9.59 Å². The van der Waals surface area contributed by atoms with Crippen LogP contribution in [0.4, 0.5) is 5.69 Å². The Labute approximate surface area is 195 Å². The lowest BCUT2D eigenvalue weighted by molar-refractivity contribution is -0.117. The zero-order valence-corrected chi connectivity index (χ0v) is 19.2. The molecule has 8 nitrogen and oxygen atoms in total. The van der Waals surface area contributed by atoms with Gasteiger partial charge in [0.05, 0.1) is 11.7 Å². The Hall–Kier alpha value is -3.47. The molecule has 0 bridgehead atoms. The van der Waals surface area contributed by atoms with Crippen molar-refractivity contribution >= 4 is 50.2 Å². The number of ketones is 1. The summed E-state index contributed by atoms with van der Waals surface area (Å²) >= 11 is 0.917. The zero-order valence-electron chi connectivity index (χ0n) is 17.6.